The van der Waals surface area contributed by atoms with Gasteiger partial charge in [0.1, 0.15) is 12.5 Å². The van der Waals surface area contributed by atoms with E-state index in [1.54, 1.807) is 19.9 Å². The first kappa shape index (κ1) is 15.5. The largest absolute Gasteiger partial charge is 0.458 e. The minimum Gasteiger partial charge on any atom is -0.458 e. The molecule has 116 valence electrons. The zero-order valence-electron chi connectivity index (χ0n) is 11.8. The number of likely N-dealkylation sites (tertiary alicyclic amines) is 1. The normalized spacial score (nSPS) is 18.9. The highest BCUT2D eigenvalue weighted by Crippen LogP contribution is 2.23. The quantitative estimate of drug-likeness (QED) is 0.857. The third-order valence-electron chi connectivity index (χ3n) is 3.08. The number of halogens is 3. The Balaban J connectivity index is 1.92. The van der Waals surface area contributed by atoms with Gasteiger partial charge in [-0.3, -0.25) is 4.79 Å². The fourth-order valence-corrected chi connectivity index (χ4v) is 2.23. The fourth-order valence-electron chi connectivity index (χ4n) is 2.23. The molecule has 0 aliphatic carbocycles. The summed E-state index contributed by atoms with van der Waals surface area (Å²) in [7, 11) is 0. The number of aryl methyl sites for hydroxylation is 2. The van der Waals surface area contributed by atoms with Crippen molar-refractivity contribution >= 4 is 5.91 Å². The summed E-state index contributed by atoms with van der Waals surface area (Å²) in [6, 6.07) is 1.99. The smallest absolute Gasteiger partial charge is 0.397 e. The number of alkyl halides is 3. The van der Waals surface area contributed by atoms with Crippen molar-refractivity contribution in [2.24, 2.45) is 0 Å². The number of hydrogen-bond donors (Lipinski definition) is 0. The summed E-state index contributed by atoms with van der Waals surface area (Å²) < 4.78 is 42.1. The summed E-state index contributed by atoms with van der Waals surface area (Å²) in [5, 5.41) is 0. The van der Waals surface area contributed by atoms with Crippen LogP contribution in [0, 0.1) is 13.8 Å². The molecule has 2 rings (SSSR count). The number of carbonyl (C=O) groups is 1. The van der Waals surface area contributed by atoms with Gasteiger partial charge < -0.3 is 9.64 Å². The maximum absolute atomic E-state index is 12.2. The highest BCUT2D eigenvalue weighted by Gasteiger charge is 2.36. The first-order valence-electron chi connectivity index (χ1n) is 6.56. The molecule has 1 fully saturated rings. The maximum Gasteiger partial charge on any atom is 0.397 e. The highest BCUT2D eigenvalue weighted by molar-refractivity contribution is 5.77. The van der Waals surface area contributed by atoms with Crippen LogP contribution in [0.3, 0.4) is 0 Å². The molecule has 0 aromatic carbocycles. The van der Waals surface area contributed by atoms with E-state index in [9.17, 15) is 18.0 Å². The van der Waals surface area contributed by atoms with Crippen LogP contribution >= 0.6 is 0 Å². The molecule has 5 nitrogen and oxygen atoms in total. The molecule has 1 unspecified atom stereocenters. The Bertz CT molecular complexity index is 514. The van der Waals surface area contributed by atoms with Crippen LogP contribution < -0.4 is 4.74 Å². The molecule has 0 spiro atoms. The SMILES string of the molecule is Cc1cc(C)nc(OC2CCN(C(=O)CC(F)(F)F)C2)n1. The number of nitrogens with zero attached hydrogens (tertiary/aromatic N) is 3. The Morgan fingerprint density at radius 2 is 2.00 bits per heavy atom. The van der Waals surface area contributed by atoms with E-state index >= 15 is 0 Å². The summed E-state index contributed by atoms with van der Waals surface area (Å²) in [5.74, 6) is -0.921. The number of rotatable bonds is 3. The summed E-state index contributed by atoms with van der Waals surface area (Å²) in [5.41, 5.74) is 1.50. The summed E-state index contributed by atoms with van der Waals surface area (Å²) in [4.78, 5) is 20.9. The molecular formula is C13H16F3N3O2. The van der Waals surface area contributed by atoms with Crippen molar-refractivity contribution in [2.75, 3.05) is 13.1 Å². The van der Waals surface area contributed by atoms with Gasteiger partial charge in [0, 0.05) is 24.4 Å². The van der Waals surface area contributed by atoms with E-state index in [4.69, 9.17) is 4.74 Å². The van der Waals surface area contributed by atoms with Gasteiger partial charge in [-0.05, 0) is 19.9 Å². The standard InChI is InChI=1S/C13H16F3N3O2/c1-8-5-9(2)18-12(17-8)21-10-3-4-19(7-10)11(20)6-13(14,15)16/h5,10H,3-4,6-7H2,1-2H3. The zero-order chi connectivity index (χ0) is 15.6. The zero-order valence-corrected chi connectivity index (χ0v) is 11.8. The Kier molecular flexibility index (Phi) is 4.34. The van der Waals surface area contributed by atoms with E-state index in [2.05, 4.69) is 9.97 Å². The topological polar surface area (TPSA) is 55.3 Å². The molecule has 0 bridgehead atoms. The molecule has 21 heavy (non-hydrogen) atoms. The average molecular weight is 303 g/mol. The number of amides is 1. The summed E-state index contributed by atoms with van der Waals surface area (Å²) >= 11 is 0. The van der Waals surface area contributed by atoms with E-state index in [1.807, 2.05) is 0 Å². The van der Waals surface area contributed by atoms with Crippen LogP contribution in [-0.4, -0.2) is 46.1 Å². The van der Waals surface area contributed by atoms with E-state index in [1.165, 1.54) is 4.90 Å². The molecule has 0 radical (unpaired) electrons. The van der Waals surface area contributed by atoms with Crippen molar-refractivity contribution in [1.29, 1.82) is 0 Å². The van der Waals surface area contributed by atoms with Gasteiger partial charge in [-0.25, -0.2) is 9.97 Å². The van der Waals surface area contributed by atoms with E-state index in [-0.39, 0.29) is 25.2 Å². The third kappa shape index (κ3) is 4.57. The lowest BCUT2D eigenvalue weighted by Crippen LogP contribution is -2.34. The monoisotopic (exact) mass is 303 g/mol. The van der Waals surface area contributed by atoms with Crippen LogP contribution in [0.2, 0.25) is 0 Å². The Morgan fingerprint density at radius 3 is 2.57 bits per heavy atom. The van der Waals surface area contributed by atoms with Gasteiger partial charge in [-0.1, -0.05) is 0 Å². The first-order chi connectivity index (χ1) is 9.73. The van der Waals surface area contributed by atoms with Crippen molar-refractivity contribution in [3.8, 4) is 6.01 Å². The van der Waals surface area contributed by atoms with Gasteiger partial charge in [0.05, 0.1) is 6.54 Å². The van der Waals surface area contributed by atoms with Gasteiger partial charge in [0.25, 0.3) is 0 Å². The second kappa shape index (κ2) is 5.87. The molecule has 8 heteroatoms. The molecule has 1 amide bonds. The van der Waals surface area contributed by atoms with Crippen molar-refractivity contribution in [3.05, 3.63) is 17.5 Å². The van der Waals surface area contributed by atoms with Crippen LogP contribution in [0.15, 0.2) is 6.07 Å². The predicted octanol–water partition coefficient (Wildman–Crippen LogP) is 2.03. The Hall–Kier alpha value is -1.86. The predicted molar refractivity (Wildman–Crippen MR) is 67.8 cm³/mol. The van der Waals surface area contributed by atoms with Crippen LogP contribution in [0.5, 0.6) is 6.01 Å². The Morgan fingerprint density at radius 1 is 1.38 bits per heavy atom. The number of ether oxygens (including phenoxy) is 1. The van der Waals surface area contributed by atoms with Crippen LogP contribution in [0.4, 0.5) is 13.2 Å². The van der Waals surface area contributed by atoms with Crippen molar-refractivity contribution in [3.63, 3.8) is 0 Å². The molecular weight excluding hydrogens is 287 g/mol. The molecule has 0 N–H and O–H groups in total. The minimum atomic E-state index is -4.48. The molecule has 1 aromatic heterocycles. The molecule has 1 atom stereocenters. The van der Waals surface area contributed by atoms with Crippen LogP contribution in [0.1, 0.15) is 24.2 Å². The fraction of sp³-hybridized carbons (Fsp3) is 0.615. The van der Waals surface area contributed by atoms with Gasteiger partial charge in [0.15, 0.2) is 0 Å². The van der Waals surface area contributed by atoms with Crippen molar-refractivity contribution in [2.45, 2.75) is 39.0 Å². The molecule has 1 aromatic rings. The van der Waals surface area contributed by atoms with E-state index in [0.717, 1.165) is 11.4 Å². The minimum absolute atomic E-state index is 0.130. The molecule has 1 aliphatic rings. The van der Waals surface area contributed by atoms with Crippen LogP contribution in [-0.2, 0) is 4.79 Å². The lowest BCUT2D eigenvalue weighted by molar-refractivity contribution is -0.160. The third-order valence-corrected chi connectivity index (χ3v) is 3.08. The lowest BCUT2D eigenvalue weighted by Gasteiger charge is -2.17. The van der Waals surface area contributed by atoms with Gasteiger partial charge in [-0.15, -0.1) is 0 Å². The molecule has 1 aliphatic heterocycles. The maximum atomic E-state index is 12.2. The van der Waals surface area contributed by atoms with Gasteiger partial charge in [0.2, 0.25) is 5.91 Å². The summed E-state index contributed by atoms with van der Waals surface area (Å²) in [6.45, 7) is 3.99. The highest BCUT2D eigenvalue weighted by atomic mass is 19.4. The first-order valence-corrected chi connectivity index (χ1v) is 6.56. The average Bonchev–Trinajstić information content (AvgIpc) is 2.73. The number of hydrogen-bond acceptors (Lipinski definition) is 4. The van der Waals surface area contributed by atoms with Gasteiger partial charge >= 0.3 is 12.2 Å². The number of carbonyl (C=O) groups excluding carboxylic acids is 1. The van der Waals surface area contributed by atoms with Gasteiger partial charge in [-0.2, -0.15) is 13.2 Å². The molecule has 2 heterocycles. The molecule has 1 saturated heterocycles. The van der Waals surface area contributed by atoms with Crippen molar-refractivity contribution in [1.82, 2.24) is 14.9 Å². The number of aromatic nitrogens is 2. The second-order valence-corrected chi connectivity index (χ2v) is 5.09. The second-order valence-electron chi connectivity index (χ2n) is 5.09. The Labute approximate surface area is 120 Å². The van der Waals surface area contributed by atoms with Crippen molar-refractivity contribution < 1.29 is 22.7 Å². The van der Waals surface area contributed by atoms with Crippen LogP contribution in [0.25, 0.3) is 0 Å². The molecule has 0 saturated carbocycles. The van der Waals surface area contributed by atoms with E-state index < -0.39 is 18.5 Å². The van der Waals surface area contributed by atoms with E-state index in [0.29, 0.717) is 6.42 Å². The summed E-state index contributed by atoms with van der Waals surface area (Å²) in [6.07, 6.45) is -5.81. The lowest BCUT2D eigenvalue weighted by atomic mass is 10.3.